The number of hydrogen-bond acceptors (Lipinski definition) is 9. The number of carbonyl (C=O) groups is 1. The molecule has 42 heavy (non-hydrogen) atoms. The summed E-state index contributed by atoms with van der Waals surface area (Å²) in [6, 6.07) is 2.01. The standard InChI is InChI=1S/C8H19N3O.C7H18N2.C6H15N3O2.C6H14N2O.CH4/c1-6(2)11(7(3)4)10-8(12)9-5;1-6(2)9(8-5)7(3)4;1-5(2)8(6(3)4)9(11)7-10;1-5(2)8(7-9)6(3)4;/h6-7H,1-5H3,(H2,9,10,12);6-8H,1-5H3;5-6,10H,1-4H3;5-6H,1-4H3;1H4/p-1/b;;9-7-;;. The zero-order valence-electron chi connectivity index (χ0n) is 29.4. The zero-order valence-corrected chi connectivity index (χ0v) is 29.4. The number of nitroso groups, excluding NO2 is 1. The van der Waals surface area contributed by atoms with Crippen LogP contribution in [-0.4, -0.2) is 93.5 Å². The monoisotopic (exact) mass is 610 g/mol. The molecule has 0 atom stereocenters. The average Bonchev–Trinajstić information content (AvgIpc) is 2.82. The summed E-state index contributed by atoms with van der Waals surface area (Å²) < 4.78 is 0. The Labute approximate surface area is 258 Å². The second kappa shape index (κ2) is 27.4. The fourth-order valence-corrected chi connectivity index (χ4v) is 3.96. The van der Waals surface area contributed by atoms with E-state index in [4.69, 9.17) is 0 Å². The van der Waals surface area contributed by atoms with E-state index in [1.54, 1.807) is 7.05 Å². The van der Waals surface area contributed by atoms with Crippen molar-refractivity contribution in [3.05, 3.63) is 15.3 Å². The number of hydrazine groups is 3. The first-order valence-electron chi connectivity index (χ1n) is 14.6. The summed E-state index contributed by atoms with van der Waals surface area (Å²) in [5, 5.41) is 35.3. The number of nitrogens with zero attached hydrogens (tertiary/aromatic N) is 7. The number of amides is 2. The number of nitrogens with one attached hydrogen (secondary N) is 3. The third-order valence-electron chi connectivity index (χ3n) is 5.42. The van der Waals surface area contributed by atoms with E-state index in [0.717, 1.165) is 0 Å². The molecule has 0 saturated heterocycles. The van der Waals surface area contributed by atoms with Crippen LogP contribution in [0.25, 0.3) is 0 Å². The van der Waals surface area contributed by atoms with Crippen LogP contribution in [0.15, 0.2) is 10.6 Å². The first-order chi connectivity index (χ1) is 18.7. The van der Waals surface area contributed by atoms with Gasteiger partial charge in [0.2, 0.25) is 0 Å². The molecular formula is C28H69N10O4-. The van der Waals surface area contributed by atoms with Gasteiger partial charge in [-0.3, -0.25) is 15.9 Å². The smallest absolute Gasteiger partial charge is 0.329 e. The lowest BCUT2D eigenvalue weighted by Crippen LogP contribution is -2.52. The Morgan fingerprint density at radius 3 is 1.07 bits per heavy atom. The van der Waals surface area contributed by atoms with Crippen LogP contribution in [0.5, 0.6) is 0 Å². The number of rotatable bonds is 12. The molecule has 0 spiro atoms. The van der Waals surface area contributed by atoms with Crippen LogP contribution in [-0.2, 0) is 0 Å². The van der Waals surface area contributed by atoms with E-state index in [9.17, 15) is 20.1 Å². The highest BCUT2D eigenvalue weighted by Crippen LogP contribution is 2.05. The summed E-state index contributed by atoms with van der Waals surface area (Å²) in [5.41, 5.74) is 5.88. The summed E-state index contributed by atoms with van der Waals surface area (Å²) in [7, 11) is 3.56. The van der Waals surface area contributed by atoms with Crippen LogP contribution < -0.4 is 16.2 Å². The molecule has 0 aliphatic rings. The van der Waals surface area contributed by atoms with E-state index >= 15 is 0 Å². The van der Waals surface area contributed by atoms with E-state index in [0.29, 0.717) is 24.2 Å². The molecule has 0 radical (unpaired) electrons. The van der Waals surface area contributed by atoms with Gasteiger partial charge in [-0.05, 0) is 123 Å². The quantitative estimate of drug-likeness (QED) is 0.103. The lowest BCUT2D eigenvalue weighted by atomic mass is 10.3. The molecule has 14 nitrogen and oxygen atoms in total. The molecule has 256 valence electrons. The van der Waals surface area contributed by atoms with Crippen molar-refractivity contribution in [2.45, 2.75) is 167 Å². The van der Waals surface area contributed by atoms with Crippen LogP contribution in [0.3, 0.4) is 0 Å². The predicted octanol–water partition coefficient (Wildman–Crippen LogP) is 6.09. The van der Waals surface area contributed by atoms with E-state index in [1.165, 1.54) is 10.0 Å². The molecular weight excluding hydrogens is 540 g/mol. The first kappa shape index (κ1) is 49.2. The highest BCUT2D eigenvalue weighted by molar-refractivity contribution is 5.72. The van der Waals surface area contributed by atoms with Crippen molar-refractivity contribution in [1.82, 2.24) is 36.2 Å². The first-order valence-corrected chi connectivity index (χ1v) is 14.6. The van der Waals surface area contributed by atoms with E-state index < -0.39 is 0 Å². The van der Waals surface area contributed by atoms with Crippen molar-refractivity contribution >= 4 is 6.03 Å². The fourth-order valence-electron chi connectivity index (χ4n) is 3.96. The highest BCUT2D eigenvalue weighted by Gasteiger charge is 2.19. The largest absolute Gasteiger partial charge is 0.737 e. The van der Waals surface area contributed by atoms with Crippen molar-refractivity contribution < 1.29 is 9.76 Å². The van der Waals surface area contributed by atoms with Gasteiger partial charge in [0.15, 0.2) is 0 Å². The van der Waals surface area contributed by atoms with Crippen molar-refractivity contribution in [1.29, 1.82) is 0 Å². The second-order valence-electron chi connectivity index (χ2n) is 11.7. The molecule has 0 saturated carbocycles. The summed E-state index contributed by atoms with van der Waals surface area (Å²) >= 11 is 0. The summed E-state index contributed by atoms with van der Waals surface area (Å²) in [6.45, 7) is 32.0. The SMILES string of the molecule is C.CC(C)N(C(C)C)/[N+]([O-])=N/[O-].CC(C)N(N=O)C(C)C.CNC(=O)NN(C(C)C)C(C)C.CNN(C(C)C)C(C)C. The maximum absolute atomic E-state index is 11.0. The molecule has 0 aromatic rings. The van der Waals surface area contributed by atoms with Crippen LogP contribution in [0.1, 0.15) is 118 Å². The van der Waals surface area contributed by atoms with Gasteiger partial charge in [-0.2, -0.15) is 0 Å². The summed E-state index contributed by atoms with van der Waals surface area (Å²) in [6.07, 6.45) is 0. The molecule has 0 aliphatic carbocycles. The number of urea groups is 1. The minimum atomic E-state index is -0.169. The third kappa shape index (κ3) is 24.2. The Hall–Kier alpha value is -2.45. The molecule has 0 unspecified atom stereocenters. The van der Waals surface area contributed by atoms with Gasteiger partial charge >= 0.3 is 6.03 Å². The fraction of sp³-hybridized carbons (Fsp3) is 0.964. The second-order valence-corrected chi connectivity index (χ2v) is 11.7. The van der Waals surface area contributed by atoms with Gasteiger partial charge in [0, 0.05) is 48.3 Å². The molecule has 3 N–H and O–H groups in total. The van der Waals surface area contributed by atoms with Crippen LogP contribution in [0, 0.1) is 15.3 Å². The summed E-state index contributed by atoms with van der Waals surface area (Å²) in [5.74, 6) is 0. The van der Waals surface area contributed by atoms with Crippen molar-refractivity contribution in [3.63, 3.8) is 0 Å². The summed E-state index contributed by atoms with van der Waals surface area (Å²) in [4.78, 5) is 21.1. The molecule has 0 aromatic carbocycles. The molecule has 14 heteroatoms. The Kier molecular flexibility index (Phi) is 32.1. The molecule has 0 aromatic heterocycles. The topological polar surface area (TPSA) is 157 Å². The van der Waals surface area contributed by atoms with Crippen molar-refractivity contribution in [3.8, 4) is 0 Å². The van der Waals surface area contributed by atoms with Gasteiger partial charge < -0.3 is 15.7 Å². The number of carbonyl (C=O) groups excluding carboxylic acids is 1. The molecule has 0 heterocycles. The molecule has 0 bridgehead atoms. The molecule has 0 aliphatic heterocycles. The van der Waals surface area contributed by atoms with Crippen LogP contribution in [0.2, 0.25) is 0 Å². The van der Waals surface area contributed by atoms with E-state index in [-0.39, 0.29) is 42.6 Å². The molecule has 0 rings (SSSR count). The minimum absolute atomic E-state index is 0. The van der Waals surface area contributed by atoms with Gasteiger partial charge in [0.05, 0.1) is 17.4 Å². The third-order valence-corrected chi connectivity index (χ3v) is 5.42. The highest BCUT2D eigenvalue weighted by atomic mass is 16.6. The van der Waals surface area contributed by atoms with Crippen LogP contribution in [0.4, 0.5) is 4.79 Å². The Morgan fingerprint density at radius 1 is 0.643 bits per heavy atom. The Morgan fingerprint density at radius 2 is 0.976 bits per heavy atom. The van der Waals surface area contributed by atoms with Crippen molar-refractivity contribution in [2.24, 2.45) is 10.6 Å². The maximum Gasteiger partial charge on any atom is 0.329 e. The van der Waals surface area contributed by atoms with E-state index in [2.05, 4.69) is 59.4 Å². The van der Waals surface area contributed by atoms with Gasteiger partial charge in [0.1, 0.15) is 0 Å². The normalized spacial score (nSPS) is 11.3. The predicted molar refractivity (Wildman–Crippen MR) is 177 cm³/mol. The van der Waals surface area contributed by atoms with E-state index in [1.807, 2.05) is 95.1 Å². The lowest BCUT2D eigenvalue weighted by Gasteiger charge is -2.30. The number of hydrogen-bond donors (Lipinski definition) is 3. The van der Waals surface area contributed by atoms with Gasteiger partial charge in [-0.15, -0.1) is 9.92 Å². The van der Waals surface area contributed by atoms with Crippen LogP contribution >= 0.6 is 0 Å². The van der Waals surface area contributed by atoms with Gasteiger partial charge in [-0.1, -0.05) is 7.43 Å². The Balaban J connectivity index is -0.000000145. The molecule has 2 amide bonds. The Bertz CT molecular complexity index is 641. The minimum Gasteiger partial charge on any atom is -0.737 e. The lowest BCUT2D eigenvalue weighted by molar-refractivity contribution is -0.704. The van der Waals surface area contributed by atoms with Gasteiger partial charge in [0.25, 0.3) is 0 Å². The average molecular weight is 610 g/mol. The maximum atomic E-state index is 11.0. The molecule has 0 fully saturated rings. The van der Waals surface area contributed by atoms with Crippen molar-refractivity contribution in [2.75, 3.05) is 14.1 Å². The zero-order chi connectivity index (χ0) is 33.6. The van der Waals surface area contributed by atoms with Gasteiger partial charge in [-0.25, -0.2) is 14.8 Å².